The SMILES string of the molecule is Cn1nc(C(=O)O)c2c1CCN(C(=O)c1cc(Oc3ccccc3)ccc1O)C2. The second kappa shape index (κ2) is 7.31. The van der Waals surface area contributed by atoms with Gasteiger partial charge in [-0.05, 0) is 30.3 Å². The van der Waals surface area contributed by atoms with Crippen molar-refractivity contribution in [3.63, 3.8) is 0 Å². The second-order valence-corrected chi connectivity index (χ2v) is 6.77. The molecule has 8 nitrogen and oxygen atoms in total. The lowest BCUT2D eigenvalue weighted by Gasteiger charge is -2.28. The van der Waals surface area contributed by atoms with Gasteiger partial charge in [0, 0.05) is 31.3 Å². The molecular weight excluding hydrogens is 374 g/mol. The number of carboxylic acid groups (broad SMARTS) is 1. The molecule has 0 saturated carbocycles. The summed E-state index contributed by atoms with van der Waals surface area (Å²) in [5.41, 5.74) is 1.38. The summed E-state index contributed by atoms with van der Waals surface area (Å²) in [6, 6.07) is 13.6. The summed E-state index contributed by atoms with van der Waals surface area (Å²) in [6.45, 7) is 0.514. The molecule has 0 atom stereocenters. The van der Waals surface area contributed by atoms with Crippen LogP contribution in [-0.2, 0) is 20.0 Å². The Morgan fingerprint density at radius 1 is 1.10 bits per heavy atom. The average molecular weight is 393 g/mol. The van der Waals surface area contributed by atoms with E-state index in [1.807, 2.05) is 18.2 Å². The summed E-state index contributed by atoms with van der Waals surface area (Å²) < 4.78 is 7.30. The van der Waals surface area contributed by atoms with Crippen molar-refractivity contribution in [3.8, 4) is 17.2 Å². The van der Waals surface area contributed by atoms with Crippen molar-refractivity contribution in [1.82, 2.24) is 14.7 Å². The number of carbonyl (C=O) groups is 2. The first-order valence-corrected chi connectivity index (χ1v) is 9.07. The van der Waals surface area contributed by atoms with Gasteiger partial charge in [0.05, 0.1) is 12.1 Å². The zero-order valence-corrected chi connectivity index (χ0v) is 15.7. The van der Waals surface area contributed by atoms with E-state index in [9.17, 15) is 19.8 Å². The van der Waals surface area contributed by atoms with E-state index in [0.29, 0.717) is 30.0 Å². The van der Waals surface area contributed by atoms with Crippen LogP contribution in [-0.4, -0.2) is 43.3 Å². The van der Waals surface area contributed by atoms with Crippen LogP contribution in [0.1, 0.15) is 32.1 Å². The molecule has 29 heavy (non-hydrogen) atoms. The number of phenolic OH excluding ortho intramolecular Hbond substituents is 1. The molecular formula is C21H19N3O5. The number of carboxylic acids is 1. The highest BCUT2D eigenvalue weighted by Crippen LogP contribution is 2.30. The Balaban J connectivity index is 1.60. The maximum Gasteiger partial charge on any atom is 0.356 e. The number of aryl methyl sites for hydroxylation is 1. The van der Waals surface area contributed by atoms with Crippen LogP contribution in [0.4, 0.5) is 0 Å². The molecule has 0 aliphatic carbocycles. The number of aromatic carboxylic acids is 1. The number of aromatic hydroxyl groups is 1. The average Bonchev–Trinajstić information content (AvgIpc) is 3.06. The summed E-state index contributed by atoms with van der Waals surface area (Å²) in [5.74, 6) is -0.654. The second-order valence-electron chi connectivity index (χ2n) is 6.77. The number of phenols is 1. The van der Waals surface area contributed by atoms with Gasteiger partial charge in [0.2, 0.25) is 0 Å². The molecule has 148 valence electrons. The summed E-state index contributed by atoms with van der Waals surface area (Å²) in [6.07, 6.45) is 0.485. The smallest absolute Gasteiger partial charge is 0.356 e. The third-order valence-electron chi connectivity index (χ3n) is 4.91. The lowest BCUT2D eigenvalue weighted by atomic mass is 10.0. The third kappa shape index (κ3) is 3.52. The van der Waals surface area contributed by atoms with E-state index in [0.717, 1.165) is 5.69 Å². The van der Waals surface area contributed by atoms with Gasteiger partial charge in [0.15, 0.2) is 5.69 Å². The Bertz CT molecular complexity index is 1090. The minimum absolute atomic E-state index is 0.0506. The number of hydrogen-bond donors (Lipinski definition) is 2. The van der Waals surface area contributed by atoms with Crippen molar-refractivity contribution in [2.45, 2.75) is 13.0 Å². The number of para-hydroxylation sites is 1. The first kappa shape index (κ1) is 18.5. The third-order valence-corrected chi connectivity index (χ3v) is 4.91. The van der Waals surface area contributed by atoms with Crippen LogP contribution >= 0.6 is 0 Å². The molecule has 4 rings (SSSR count). The number of hydrogen-bond acceptors (Lipinski definition) is 5. The fourth-order valence-corrected chi connectivity index (χ4v) is 3.48. The predicted molar refractivity (Wildman–Crippen MR) is 103 cm³/mol. The van der Waals surface area contributed by atoms with Crippen molar-refractivity contribution in [2.24, 2.45) is 7.05 Å². The van der Waals surface area contributed by atoms with Crippen LogP contribution in [0.5, 0.6) is 17.2 Å². The first-order valence-electron chi connectivity index (χ1n) is 9.07. The number of benzene rings is 2. The van der Waals surface area contributed by atoms with Gasteiger partial charge in [-0.1, -0.05) is 18.2 Å². The minimum Gasteiger partial charge on any atom is -0.507 e. The predicted octanol–water partition coefficient (Wildman–Crippen LogP) is 2.81. The molecule has 0 bridgehead atoms. The molecule has 3 aromatic rings. The largest absolute Gasteiger partial charge is 0.507 e. The number of aromatic nitrogens is 2. The molecule has 1 amide bonds. The zero-order valence-electron chi connectivity index (χ0n) is 15.7. The van der Waals surface area contributed by atoms with Crippen molar-refractivity contribution in [3.05, 3.63) is 71.0 Å². The highest BCUT2D eigenvalue weighted by molar-refractivity contribution is 5.97. The molecule has 1 aliphatic heterocycles. The Hall–Kier alpha value is -3.81. The maximum atomic E-state index is 13.1. The molecule has 0 radical (unpaired) electrons. The lowest BCUT2D eigenvalue weighted by molar-refractivity contribution is 0.0673. The number of carbonyl (C=O) groups excluding carboxylic acids is 1. The highest BCUT2D eigenvalue weighted by atomic mass is 16.5. The summed E-state index contributed by atoms with van der Waals surface area (Å²) in [7, 11) is 1.69. The van der Waals surface area contributed by atoms with E-state index in [4.69, 9.17) is 4.74 Å². The topological polar surface area (TPSA) is 105 Å². The normalized spacial score (nSPS) is 13.1. The van der Waals surface area contributed by atoms with E-state index in [1.165, 1.54) is 17.0 Å². The molecule has 8 heteroatoms. The minimum atomic E-state index is -1.13. The Morgan fingerprint density at radius 2 is 1.86 bits per heavy atom. The van der Waals surface area contributed by atoms with Crippen molar-refractivity contribution in [1.29, 1.82) is 0 Å². The molecule has 2 heterocycles. The molecule has 2 N–H and O–H groups in total. The molecule has 0 unspecified atom stereocenters. The van der Waals surface area contributed by atoms with E-state index in [-0.39, 0.29) is 23.6 Å². The molecule has 2 aromatic carbocycles. The van der Waals surface area contributed by atoms with Crippen molar-refractivity contribution in [2.75, 3.05) is 6.54 Å². The molecule has 0 saturated heterocycles. The highest BCUT2D eigenvalue weighted by Gasteiger charge is 2.30. The molecule has 0 fully saturated rings. The van der Waals surface area contributed by atoms with Crippen molar-refractivity contribution >= 4 is 11.9 Å². The number of nitrogens with zero attached hydrogens (tertiary/aromatic N) is 3. The first-order chi connectivity index (χ1) is 13.9. The number of rotatable bonds is 4. The van der Waals surface area contributed by atoms with Crippen LogP contribution in [0, 0.1) is 0 Å². The molecule has 1 aromatic heterocycles. The van der Waals surface area contributed by atoms with Gasteiger partial charge < -0.3 is 19.8 Å². The van der Waals surface area contributed by atoms with Gasteiger partial charge in [0.25, 0.3) is 5.91 Å². The summed E-state index contributed by atoms with van der Waals surface area (Å²) >= 11 is 0. The van der Waals surface area contributed by atoms with Crippen LogP contribution in [0.3, 0.4) is 0 Å². The quantitative estimate of drug-likeness (QED) is 0.706. The van der Waals surface area contributed by atoms with Gasteiger partial charge in [0.1, 0.15) is 17.2 Å². The number of amides is 1. The number of fused-ring (bicyclic) bond motifs is 1. The van der Waals surface area contributed by atoms with Gasteiger partial charge >= 0.3 is 5.97 Å². The van der Waals surface area contributed by atoms with E-state index in [2.05, 4.69) is 5.10 Å². The van der Waals surface area contributed by atoms with Gasteiger partial charge in [-0.15, -0.1) is 0 Å². The van der Waals surface area contributed by atoms with Gasteiger partial charge in [-0.2, -0.15) is 5.10 Å². The lowest BCUT2D eigenvalue weighted by Crippen LogP contribution is -2.36. The van der Waals surface area contributed by atoms with Crippen LogP contribution < -0.4 is 4.74 Å². The summed E-state index contributed by atoms with van der Waals surface area (Å²) in [5, 5.41) is 23.7. The Labute approximate surface area is 166 Å². The van der Waals surface area contributed by atoms with E-state index < -0.39 is 11.9 Å². The standard InChI is InChI=1S/C21H19N3O5/c1-23-17-9-10-24(12-16(17)19(22-23)21(27)28)20(26)15-11-14(7-8-18(15)25)29-13-5-3-2-4-6-13/h2-8,11,25H,9-10,12H2,1H3,(H,27,28). The molecule has 1 aliphatic rings. The Morgan fingerprint density at radius 3 is 2.59 bits per heavy atom. The Kier molecular flexibility index (Phi) is 4.67. The monoisotopic (exact) mass is 393 g/mol. The van der Waals surface area contributed by atoms with Gasteiger partial charge in [-0.25, -0.2) is 4.79 Å². The number of ether oxygens (including phenoxy) is 1. The maximum absolute atomic E-state index is 13.1. The fraction of sp³-hybridized carbons (Fsp3) is 0.190. The van der Waals surface area contributed by atoms with E-state index in [1.54, 1.807) is 29.9 Å². The van der Waals surface area contributed by atoms with Crippen LogP contribution in [0.15, 0.2) is 48.5 Å². The van der Waals surface area contributed by atoms with Crippen LogP contribution in [0.2, 0.25) is 0 Å². The fourth-order valence-electron chi connectivity index (χ4n) is 3.48. The zero-order chi connectivity index (χ0) is 20.5. The van der Waals surface area contributed by atoms with Gasteiger partial charge in [-0.3, -0.25) is 9.48 Å². The van der Waals surface area contributed by atoms with E-state index >= 15 is 0 Å². The van der Waals surface area contributed by atoms with Crippen LogP contribution in [0.25, 0.3) is 0 Å². The van der Waals surface area contributed by atoms with Crippen molar-refractivity contribution < 1.29 is 24.5 Å². The molecule has 0 spiro atoms. The summed E-state index contributed by atoms with van der Waals surface area (Å²) in [4.78, 5) is 26.0.